The molecule has 0 aliphatic carbocycles. The van der Waals surface area contributed by atoms with Crippen molar-refractivity contribution < 1.29 is 9.85 Å². The second kappa shape index (κ2) is 5.78. The zero-order valence-electron chi connectivity index (χ0n) is 10.7. The van der Waals surface area contributed by atoms with Gasteiger partial charge in [0, 0.05) is 35.6 Å². The van der Waals surface area contributed by atoms with Crippen LogP contribution in [0.2, 0.25) is 0 Å². The number of benzene rings is 2. The summed E-state index contributed by atoms with van der Waals surface area (Å²) in [6.45, 7) is 0. The van der Waals surface area contributed by atoms with Crippen LogP contribution in [0.3, 0.4) is 0 Å². The first kappa shape index (κ1) is 14.1. The Morgan fingerprint density at radius 1 is 0.810 bits per heavy atom. The van der Waals surface area contributed by atoms with Gasteiger partial charge in [-0.15, -0.1) is 0 Å². The highest BCUT2D eigenvalue weighted by atomic mass is 16.6. The largest absolute Gasteiger partial charge is 0.302 e. The minimum Gasteiger partial charge on any atom is -0.302 e. The molecular formula is C13H10N4O4. The van der Waals surface area contributed by atoms with E-state index in [1.54, 1.807) is 0 Å². The summed E-state index contributed by atoms with van der Waals surface area (Å²) in [5, 5.41) is 28.7. The highest BCUT2D eigenvalue weighted by Crippen LogP contribution is 2.27. The highest BCUT2D eigenvalue weighted by Gasteiger charge is 2.11. The predicted octanol–water partition coefficient (Wildman–Crippen LogP) is 3.25. The molecule has 0 saturated carbocycles. The Labute approximate surface area is 119 Å². The van der Waals surface area contributed by atoms with Crippen LogP contribution in [-0.2, 0) is 0 Å². The van der Waals surface area contributed by atoms with Crippen LogP contribution >= 0.6 is 0 Å². The minimum atomic E-state index is -0.510. The number of nitrogens with zero attached hydrogens (tertiary/aromatic N) is 3. The molecule has 0 amide bonds. The fraction of sp³-hybridized carbons (Fsp3) is 0. The van der Waals surface area contributed by atoms with Gasteiger partial charge in [-0.1, -0.05) is 0 Å². The molecule has 0 fully saturated rings. The smallest absolute Gasteiger partial charge is 0.269 e. The number of rotatable bonds is 5. The van der Waals surface area contributed by atoms with Gasteiger partial charge in [0.2, 0.25) is 0 Å². The molecule has 2 aromatic carbocycles. The van der Waals surface area contributed by atoms with Crippen molar-refractivity contribution in [3.8, 4) is 0 Å². The summed E-state index contributed by atoms with van der Waals surface area (Å²) in [4.78, 5) is 21.6. The first-order chi connectivity index (χ1) is 10.0. The molecule has 0 aliphatic rings. The Morgan fingerprint density at radius 3 is 1.38 bits per heavy atom. The molecule has 0 aliphatic heterocycles. The molecule has 106 valence electrons. The van der Waals surface area contributed by atoms with Gasteiger partial charge in [-0.3, -0.25) is 25.6 Å². The summed E-state index contributed by atoms with van der Waals surface area (Å²) in [6, 6.07) is 11.3. The fourth-order valence-corrected chi connectivity index (χ4v) is 1.77. The molecule has 0 bridgehead atoms. The molecule has 0 saturated heterocycles. The topological polar surface area (TPSA) is 113 Å². The van der Waals surface area contributed by atoms with E-state index in [4.69, 9.17) is 5.41 Å². The van der Waals surface area contributed by atoms with E-state index in [0.29, 0.717) is 11.4 Å². The highest BCUT2D eigenvalue weighted by molar-refractivity contribution is 5.88. The van der Waals surface area contributed by atoms with Crippen LogP contribution in [0.4, 0.5) is 22.7 Å². The summed E-state index contributed by atoms with van der Waals surface area (Å²) >= 11 is 0. The van der Waals surface area contributed by atoms with Gasteiger partial charge < -0.3 is 4.90 Å². The van der Waals surface area contributed by atoms with Crippen molar-refractivity contribution in [2.75, 3.05) is 4.90 Å². The van der Waals surface area contributed by atoms with Crippen molar-refractivity contribution in [2.45, 2.75) is 0 Å². The third-order valence-corrected chi connectivity index (χ3v) is 2.81. The summed E-state index contributed by atoms with van der Waals surface area (Å²) in [7, 11) is 0. The average molecular weight is 286 g/mol. The summed E-state index contributed by atoms with van der Waals surface area (Å²) < 4.78 is 0. The SMILES string of the molecule is N=CN(c1ccc([N+](=O)[O-])cc1)c1ccc([N+](=O)[O-])cc1. The van der Waals surface area contributed by atoms with Crippen LogP contribution in [0.5, 0.6) is 0 Å². The molecule has 0 radical (unpaired) electrons. The molecule has 2 aromatic rings. The predicted molar refractivity (Wildman–Crippen MR) is 77.1 cm³/mol. The van der Waals surface area contributed by atoms with Gasteiger partial charge in [0.15, 0.2) is 0 Å². The zero-order chi connectivity index (χ0) is 15.4. The third-order valence-electron chi connectivity index (χ3n) is 2.81. The van der Waals surface area contributed by atoms with E-state index in [1.807, 2.05) is 0 Å². The van der Waals surface area contributed by atoms with Gasteiger partial charge in [-0.2, -0.15) is 0 Å². The number of non-ortho nitro benzene ring substituents is 2. The third kappa shape index (κ3) is 3.00. The van der Waals surface area contributed by atoms with Crippen LogP contribution in [0.1, 0.15) is 0 Å². The van der Waals surface area contributed by atoms with E-state index >= 15 is 0 Å². The summed E-state index contributed by atoms with van der Waals surface area (Å²) in [5.41, 5.74) is 0.994. The molecule has 0 atom stereocenters. The number of hydrogen-bond donors (Lipinski definition) is 1. The maximum atomic E-state index is 10.6. The number of nitrogens with one attached hydrogen (secondary N) is 1. The van der Waals surface area contributed by atoms with Crippen molar-refractivity contribution in [2.24, 2.45) is 0 Å². The number of hydrogen-bond acceptors (Lipinski definition) is 5. The van der Waals surface area contributed by atoms with Gasteiger partial charge in [-0.25, -0.2) is 0 Å². The lowest BCUT2D eigenvalue weighted by Gasteiger charge is -2.18. The fourth-order valence-electron chi connectivity index (χ4n) is 1.77. The molecule has 8 heteroatoms. The van der Waals surface area contributed by atoms with Crippen LogP contribution in [0.15, 0.2) is 48.5 Å². The van der Waals surface area contributed by atoms with E-state index in [2.05, 4.69) is 0 Å². The summed E-state index contributed by atoms with van der Waals surface area (Å²) in [5.74, 6) is 0. The molecule has 2 rings (SSSR count). The second-order valence-corrected chi connectivity index (χ2v) is 4.05. The van der Waals surface area contributed by atoms with E-state index in [1.165, 1.54) is 53.4 Å². The van der Waals surface area contributed by atoms with Crippen molar-refractivity contribution in [3.05, 3.63) is 68.8 Å². The number of anilines is 2. The van der Waals surface area contributed by atoms with Crippen LogP contribution in [-0.4, -0.2) is 16.2 Å². The maximum Gasteiger partial charge on any atom is 0.269 e. The Balaban J connectivity index is 2.32. The zero-order valence-corrected chi connectivity index (χ0v) is 10.7. The number of nitro benzene ring substituents is 2. The van der Waals surface area contributed by atoms with E-state index in [0.717, 1.165) is 6.34 Å². The van der Waals surface area contributed by atoms with Crippen molar-refractivity contribution >= 4 is 29.1 Å². The monoisotopic (exact) mass is 286 g/mol. The number of nitro groups is 2. The first-order valence-electron chi connectivity index (χ1n) is 5.81. The van der Waals surface area contributed by atoms with Crippen LogP contribution in [0.25, 0.3) is 0 Å². The molecule has 0 aromatic heterocycles. The molecule has 8 nitrogen and oxygen atoms in total. The Kier molecular flexibility index (Phi) is 3.89. The molecule has 1 N–H and O–H groups in total. The maximum absolute atomic E-state index is 10.6. The molecule has 0 heterocycles. The Hall–Kier alpha value is -3.29. The Bertz CT molecular complexity index is 625. The van der Waals surface area contributed by atoms with Gasteiger partial charge >= 0.3 is 0 Å². The molecule has 0 spiro atoms. The normalized spacial score (nSPS) is 9.90. The Morgan fingerprint density at radius 2 is 1.14 bits per heavy atom. The van der Waals surface area contributed by atoms with Gasteiger partial charge in [0.1, 0.15) is 0 Å². The van der Waals surface area contributed by atoms with E-state index in [9.17, 15) is 20.2 Å². The van der Waals surface area contributed by atoms with Crippen LogP contribution in [0, 0.1) is 25.6 Å². The second-order valence-electron chi connectivity index (χ2n) is 4.05. The summed E-state index contributed by atoms with van der Waals surface area (Å²) in [6.07, 6.45) is 1.03. The van der Waals surface area contributed by atoms with Gasteiger partial charge in [-0.05, 0) is 24.3 Å². The lowest BCUT2D eigenvalue weighted by Crippen LogP contribution is -2.13. The lowest BCUT2D eigenvalue weighted by molar-refractivity contribution is -0.385. The first-order valence-corrected chi connectivity index (χ1v) is 5.81. The quantitative estimate of drug-likeness (QED) is 0.392. The van der Waals surface area contributed by atoms with E-state index < -0.39 is 9.85 Å². The molecule has 21 heavy (non-hydrogen) atoms. The molecular weight excluding hydrogens is 276 g/mol. The minimum absolute atomic E-state index is 0.0487. The van der Waals surface area contributed by atoms with Crippen molar-refractivity contribution in [1.82, 2.24) is 0 Å². The van der Waals surface area contributed by atoms with E-state index in [-0.39, 0.29) is 11.4 Å². The molecule has 0 unspecified atom stereocenters. The van der Waals surface area contributed by atoms with Crippen LogP contribution < -0.4 is 4.90 Å². The van der Waals surface area contributed by atoms with Gasteiger partial charge in [0.25, 0.3) is 11.4 Å². The van der Waals surface area contributed by atoms with Crippen molar-refractivity contribution in [1.29, 1.82) is 5.41 Å². The standard InChI is InChI=1S/C13H10N4O4/c14-9-15(10-1-5-12(6-2-10)16(18)19)11-3-7-13(8-4-11)17(20)21/h1-9,14H. The average Bonchev–Trinajstić information content (AvgIpc) is 2.49. The van der Waals surface area contributed by atoms with Gasteiger partial charge in [0.05, 0.1) is 16.2 Å². The van der Waals surface area contributed by atoms with Crippen molar-refractivity contribution in [3.63, 3.8) is 0 Å². The lowest BCUT2D eigenvalue weighted by atomic mass is 10.2.